The summed E-state index contributed by atoms with van der Waals surface area (Å²) < 4.78 is 13.6. The fourth-order valence-corrected chi connectivity index (χ4v) is 1.91. The number of benzene rings is 2. The fourth-order valence-electron chi connectivity index (χ4n) is 1.91. The number of halogens is 1. The van der Waals surface area contributed by atoms with E-state index < -0.39 is 11.7 Å². The van der Waals surface area contributed by atoms with Crippen molar-refractivity contribution in [2.45, 2.75) is 6.92 Å². The summed E-state index contributed by atoms with van der Waals surface area (Å²) in [5.41, 5.74) is 6.89. The van der Waals surface area contributed by atoms with Gasteiger partial charge in [-0.3, -0.25) is 9.59 Å². The van der Waals surface area contributed by atoms with E-state index in [1.165, 1.54) is 18.2 Å². The summed E-state index contributed by atoms with van der Waals surface area (Å²) in [5.74, 6) is -1.59. The van der Waals surface area contributed by atoms with Gasteiger partial charge in [0.25, 0.3) is 5.91 Å². The van der Waals surface area contributed by atoms with Crippen LogP contribution in [0.3, 0.4) is 0 Å². The van der Waals surface area contributed by atoms with Crippen molar-refractivity contribution in [2.75, 3.05) is 17.2 Å². The van der Waals surface area contributed by atoms with E-state index in [1.807, 2.05) is 6.92 Å². The first kappa shape index (κ1) is 15.7. The van der Waals surface area contributed by atoms with Crippen LogP contribution in [-0.2, 0) is 4.79 Å². The van der Waals surface area contributed by atoms with Crippen molar-refractivity contribution >= 4 is 23.2 Å². The molecule has 2 aromatic carbocycles. The number of hydrogen-bond donors (Lipinski definition) is 3. The summed E-state index contributed by atoms with van der Waals surface area (Å²) in [5, 5.41) is 5.19. The van der Waals surface area contributed by atoms with Gasteiger partial charge < -0.3 is 16.4 Å². The molecule has 0 spiro atoms. The number of carbonyl (C=O) groups is 2. The number of aryl methyl sites for hydroxylation is 1. The van der Waals surface area contributed by atoms with E-state index in [2.05, 4.69) is 10.6 Å². The van der Waals surface area contributed by atoms with Gasteiger partial charge in [-0.25, -0.2) is 4.39 Å². The molecule has 0 saturated carbocycles. The van der Waals surface area contributed by atoms with Gasteiger partial charge in [-0.1, -0.05) is 18.2 Å². The van der Waals surface area contributed by atoms with Gasteiger partial charge in [-0.15, -0.1) is 0 Å². The zero-order valence-electron chi connectivity index (χ0n) is 12.0. The molecule has 0 aliphatic carbocycles. The van der Waals surface area contributed by atoms with Crippen LogP contribution in [0.15, 0.2) is 42.5 Å². The van der Waals surface area contributed by atoms with E-state index in [9.17, 15) is 14.0 Å². The molecule has 22 heavy (non-hydrogen) atoms. The highest BCUT2D eigenvalue weighted by Crippen LogP contribution is 2.24. The summed E-state index contributed by atoms with van der Waals surface area (Å²) in [6.07, 6.45) is 0. The number of nitrogens with two attached hydrogens (primary N) is 1. The number of carbonyl (C=O) groups excluding carboxylic acids is 2. The first-order valence-corrected chi connectivity index (χ1v) is 6.67. The highest BCUT2D eigenvalue weighted by molar-refractivity contribution is 6.07. The molecule has 2 amide bonds. The van der Waals surface area contributed by atoms with Crippen LogP contribution in [0.25, 0.3) is 0 Å². The molecule has 0 saturated heterocycles. The highest BCUT2D eigenvalue weighted by atomic mass is 19.1. The topological polar surface area (TPSA) is 84.2 Å². The molecule has 0 unspecified atom stereocenters. The van der Waals surface area contributed by atoms with Crippen LogP contribution in [0.2, 0.25) is 0 Å². The van der Waals surface area contributed by atoms with Gasteiger partial charge in [0.2, 0.25) is 5.91 Å². The summed E-state index contributed by atoms with van der Waals surface area (Å²) >= 11 is 0. The molecule has 114 valence electrons. The molecule has 0 atom stereocenters. The summed E-state index contributed by atoms with van der Waals surface area (Å²) in [4.78, 5) is 23.6. The third kappa shape index (κ3) is 3.67. The zero-order chi connectivity index (χ0) is 16.1. The smallest absolute Gasteiger partial charge is 0.258 e. The SMILES string of the molecule is Cc1ccc(NC(=O)c2ccccc2F)c(NC(=O)CN)c1. The molecule has 0 aliphatic heterocycles. The quantitative estimate of drug-likeness (QED) is 0.810. The number of rotatable bonds is 4. The second-order valence-electron chi connectivity index (χ2n) is 4.74. The Labute approximate surface area is 127 Å². The molecule has 0 aliphatic rings. The van der Waals surface area contributed by atoms with Gasteiger partial charge in [0, 0.05) is 0 Å². The van der Waals surface area contributed by atoms with E-state index in [-0.39, 0.29) is 18.0 Å². The maximum atomic E-state index is 13.6. The molecule has 6 heteroatoms. The predicted octanol–water partition coefficient (Wildman–Crippen LogP) is 2.28. The lowest BCUT2D eigenvalue weighted by atomic mass is 10.1. The van der Waals surface area contributed by atoms with Gasteiger partial charge in [0.05, 0.1) is 23.5 Å². The van der Waals surface area contributed by atoms with Crippen LogP contribution >= 0.6 is 0 Å². The average Bonchev–Trinajstić information content (AvgIpc) is 2.50. The lowest BCUT2D eigenvalue weighted by Crippen LogP contribution is -2.23. The number of nitrogens with one attached hydrogen (secondary N) is 2. The van der Waals surface area contributed by atoms with Crippen LogP contribution < -0.4 is 16.4 Å². The Balaban J connectivity index is 2.27. The van der Waals surface area contributed by atoms with E-state index in [0.29, 0.717) is 11.4 Å². The Kier molecular flexibility index (Phi) is 4.85. The van der Waals surface area contributed by atoms with E-state index in [4.69, 9.17) is 5.73 Å². The number of hydrogen-bond acceptors (Lipinski definition) is 3. The monoisotopic (exact) mass is 301 g/mol. The van der Waals surface area contributed by atoms with Gasteiger partial charge in [-0.05, 0) is 36.8 Å². The second-order valence-corrected chi connectivity index (χ2v) is 4.74. The summed E-state index contributed by atoms with van der Waals surface area (Å²) in [6, 6.07) is 10.8. The molecule has 2 rings (SSSR count). The largest absolute Gasteiger partial charge is 0.323 e. The highest BCUT2D eigenvalue weighted by Gasteiger charge is 2.14. The van der Waals surface area contributed by atoms with Crippen LogP contribution in [0.4, 0.5) is 15.8 Å². The second kappa shape index (κ2) is 6.82. The lowest BCUT2D eigenvalue weighted by molar-refractivity contribution is -0.114. The molecule has 5 nitrogen and oxygen atoms in total. The molecular weight excluding hydrogens is 285 g/mol. The Bertz CT molecular complexity index is 716. The van der Waals surface area contributed by atoms with Crippen molar-refractivity contribution in [3.8, 4) is 0 Å². The van der Waals surface area contributed by atoms with Crippen molar-refractivity contribution < 1.29 is 14.0 Å². The maximum absolute atomic E-state index is 13.6. The van der Waals surface area contributed by atoms with Crippen LogP contribution in [-0.4, -0.2) is 18.4 Å². The average molecular weight is 301 g/mol. The maximum Gasteiger partial charge on any atom is 0.258 e. The predicted molar refractivity (Wildman–Crippen MR) is 83.2 cm³/mol. The normalized spacial score (nSPS) is 10.1. The van der Waals surface area contributed by atoms with E-state index >= 15 is 0 Å². The van der Waals surface area contributed by atoms with Crippen molar-refractivity contribution in [1.82, 2.24) is 0 Å². The van der Waals surface area contributed by atoms with Crippen molar-refractivity contribution in [1.29, 1.82) is 0 Å². The van der Waals surface area contributed by atoms with E-state index in [0.717, 1.165) is 5.56 Å². The molecule has 4 N–H and O–H groups in total. The lowest BCUT2D eigenvalue weighted by Gasteiger charge is -2.13. The standard InChI is InChI=1S/C16H16FN3O2/c1-10-6-7-13(14(8-10)19-15(21)9-18)20-16(22)11-4-2-3-5-12(11)17/h2-8H,9,18H2,1H3,(H,19,21)(H,20,22). The third-order valence-electron chi connectivity index (χ3n) is 3.00. The van der Waals surface area contributed by atoms with Crippen molar-refractivity contribution in [2.24, 2.45) is 5.73 Å². The minimum absolute atomic E-state index is 0.0702. The van der Waals surface area contributed by atoms with Crippen LogP contribution in [0, 0.1) is 12.7 Å². The van der Waals surface area contributed by atoms with Crippen molar-refractivity contribution in [3.63, 3.8) is 0 Å². The molecule has 0 radical (unpaired) electrons. The molecular formula is C16H16FN3O2. The van der Waals surface area contributed by atoms with E-state index in [1.54, 1.807) is 24.3 Å². The van der Waals surface area contributed by atoms with Crippen molar-refractivity contribution in [3.05, 3.63) is 59.4 Å². The molecule has 0 heterocycles. The number of amides is 2. The summed E-state index contributed by atoms with van der Waals surface area (Å²) in [7, 11) is 0. The zero-order valence-corrected chi connectivity index (χ0v) is 12.0. The Hall–Kier alpha value is -2.73. The summed E-state index contributed by atoms with van der Waals surface area (Å²) in [6.45, 7) is 1.68. The minimum Gasteiger partial charge on any atom is -0.323 e. The molecule has 0 aromatic heterocycles. The van der Waals surface area contributed by atoms with Crippen LogP contribution in [0.1, 0.15) is 15.9 Å². The third-order valence-corrected chi connectivity index (χ3v) is 3.00. The molecule has 0 fully saturated rings. The van der Waals surface area contributed by atoms with Crippen LogP contribution in [0.5, 0.6) is 0 Å². The van der Waals surface area contributed by atoms with Gasteiger partial charge in [0.15, 0.2) is 0 Å². The first-order valence-electron chi connectivity index (χ1n) is 6.67. The number of anilines is 2. The molecule has 0 bridgehead atoms. The van der Waals surface area contributed by atoms with Gasteiger partial charge in [0.1, 0.15) is 5.82 Å². The Morgan fingerprint density at radius 3 is 2.50 bits per heavy atom. The fraction of sp³-hybridized carbons (Fsp3) is 0.125. The van der Waals surface area contributed by atoms with Gasteiger partial charge in [-0.2, -0.15) is 0 Å². The Morgan fingerprint density at radius 2 is 1.82 bits per heavy atom. The minimum atomic E-state index is -0.611. The van der Waals surface area contributed by atoms with Gasteiger partial charge >= 0.3 is 0 Å². The first-order chi connectivity index (χ1) is 10.5. The molecule has 2 aromatic rings. The Morgan fingerprint density at radius 1 is 1.09 bits per heavy atom.